The van der Waals surface area contributed by atoms with Crippen molar-refractivity contribution >= 4 is 33.2 Å². The summed E-state index contributed by atoms with van der Waals surface area (Å²) in [6.07, 6.45) is 3.27. The summed E-state index contributed by atoms with van der Waals surface area (Å²) in [4.78, 5) is 16.1. The minimum atomic E-state index is -0.101. The summed E-state index contributed by atoms with van der Waals surface area (Å²) >= 11 is 3.40. The van der Waals surface area contributed by atoms with Gasteiger partial charge in [-0.05, 0) is 36.2 Å². The topological polar surface area (TPSA) is 54.0 Å². The maximum atomic E-state index is 12.0. The molecule has 110 valence electrons. The molecule has 1 amide bonds. The van der Waals surface area contributed by atoms with Crippen LogP contribution in [0.15, 0.2) is 47.2 Å². The summed E-state index contributed by atoms with van der Waals surface area (Å²) in [5.41, 5.74) is 2.28. The van der Waals surface area contributed by atoms with Crippen molar-refractivity contribution in [2.45, 2.75) is 13.8 Å². The van der Waals surface area contributed by atoms with Crippen LogP contribution >= 0.6 is 15.9 Å². The lowest BCUT2D eigenvalue weighted by atomic mass is 10.2. The number of hydrogen-bond acceptors (Lipinski definition) is 3. The van der Waals surface area contributed by atoms with Gasteiger partial charge in [-0.15, -0.1) is 0 Å². The number of rotatable bonds is 5. The number of carbonyl (C=O) groups is 1. The number of nitrogens with one attached hydrogen (secondary N) is 2. The second-order valence-corrected chi connectivity index (χ2v) is 6.11. The van der Waals surface area contributed by atoms with Gasteiger partial charge < -0.3 is 10.6 Å². The van der Waals surface area contributed by atoms with E-state index in [-0.39, 0.29) is 5.91 Å². The Morgan fingerprint density at radius 3 is 2.57 bits per heavy atom. The Balaban J connectivity index is 2.06. The Labute approximate surface area is 133 Å². The van der Waals surface area contributed by atoms with Gasteiger partial charge in [-0.3, -0.25) is 9.78 Å². The summed E-state index contributed by atoms with van der Waals surface area (Å²) in [5, 5.41) is 6.11. The molecule has 0 atom stereocenters. The van der Waals surface area contributed by atoms with E-state index in [4.69, 9.17) is 0 Å². The fraction of sp³-hybridized carbons (Fsp3) is 0.250. The maximum Gasteiger partial charge on any atom is 0.252 e. The number of hydrogen-bond donors (Lipinski definition) is 2. The van der Waals surface area contributed by atoms with Gasteiger partial charge in [0.15, 0.2) is 0 Å². The lowest BCUT2D eigenvalue weighted by Gasteiger charge is -2.10. The fourth-order valence-corrected chi connectivity index (χ4v) is 2.00. The average molecular weight is 348 g/mol. The predicted octanol–water partition coefficient (Wildman–Crippen LogP) is 3.97. The molecule has 0 spiro atoms. The van der Waals surface area contributed by atoms with Crippen molar-refractivity contribution in [3.05, 3.63) is 52.8 Å². The monoisotopic (exact) mass is 347 g/mol. The lowest BCUT2D eigenvalue weighted by Crippen LogP contribution is -2.27. The van der Waals surface area contributed by atoms with E-state index in [1.807, 2.05) is 24.3 Å². The molecule has 2 N–H and O–H groups in total. The Kier molecular flexibility index (Phi) is 5.33. The van der Waals surface area contributed by atoms with Gasteiger partial charge in [0, 0.05) is 22.9 Å². The fourth-order valence-electron chi connectivity index (χ4n) is 1.73. The molecular formula is C16H18BrN3O. The first kappa shape index (κ1) is 15.5. The predicted molar refractivity (Wildman–Crippen MR) is 88.8 cm³/mol. The zero-order valence-corrected chi connectivity index (χ0v) is 13.6. The molecule has 2 rings (SSSR count). The molecule has 0 saturated carbocycles. The smallest absolute Gasteiger partial charge is 0.252 e. The van der Waals surface area contributed by atoms with E-state index in [1.165, 1.54) is 0 Å². The number of pyridine rings is 1. The van der Waals surface area contributed by atoms with E-state index in [0.29, 0.717) is 18.0 Å². The second-order valence-electron chi connectivity index (χ2n) is 5.20. The molecule has 1 heterocycles. The zero-order chi connectivity index (χ0) is 15.2. The largest absolute Gasteiger partial charge is 0.354 e. The molecule has 0 radical (unpaired) electrons. The first-order valence-electron chi connectivity index (χ1n) is 6.80. The number of nitrogens with zero attached hydrogens (tertiary/aromatic N) is 1. The van der Waals surface area contributed by atoms with Crippen molar-refractivity contribution in [1.82, 2.24) is 10.3 Å². The van der Waals surface area contributed by atoms with Crippen LogP contribution in [0.4, 0.5) is 11.4 Å². The van der Waals surface area contributed by atoms with Crippen molar-refractivity contribution in [3.63, 3.8) is 0 Å². The Bertz CT molecular complexity index is 611. The van der Waals surface area contributed by atoms with Gasteiger partial charge >= 0.3 is 0 Å². The second kappa shape index (κ2) is 7.22. The molecule has 0 aliphatic heterocycles. The van der Waals surface area contributed by atoms with Gasteiger partial charge in [-0.2, -0.15) is 0 Å². The van der Waals surface area contributed by atoms with Gasteiger partial charge in [0.1, 0.15) is 0 Å². The van der Waals surface area contributed by atoms with Crippen LogP contribution in [0.25, 0.3) is 0 Å². The van der Waals surface area contributed by atoms with Crippen LogP contribution in [-0.2, 0) is 0 Å². The number of halogens is 1. The first-order chi connectivity index (χ1) is 10.0. The first-order valence-corrected chi connectivity index (χ1v) is 7.60. The molecule has 5 heteroatoms. The lowest BCUT2D eigenvalue weighted by molar-refractivity contribution is 0.0948. The van der Waals surface area contributed by atoms with E-state index in [0.717, 1.165) is 15.8 Å². The molecule has 0 fully saturated rings. The van der Waals surface area contributed by atoms with E-state index in [2.05, 4.69) is 45.4 Å². The number of carbonyl (C=O) groups excluding carboxylic acids is 1. The normalized spacial score (nSPS) is 10.5. The summed E-state index contributed by atoms with van der Waals surface area (Å²) < 4.78 is 1.02. The SMILES string of the molecule is CC(C)CNC(=O)c1cncc(Nc2ccc(Br)cc2)c1. The molecule has 21 heavy (non-hydrogen) atoms. The van der Waals surface area contributed by atoms with Crippen LogP contribution in [-0.4, -0.2) is 17.4 Å². The van der Waals surface area contributed by atoms with Crippen LogP contribution in [0.1, 0.15) is 24.2 Å². The maximum absolute atomic E-state index is 12.0. The van der Waals surface area contributed by atoms with Gasteiger partial charge in [0.05, 0.1) is 17.4 Å². The summed E-state index contributed by atoms with van der Waals surface area (Å²) in [6.45, 7) is 4.78. The molecule has 4 nitrogen and oxygen atoms in total. The highest BCUT2D eigenvalue weighted by Gasteiger charge is 2.07. The van der Waals surface area contributed by atoms with Gasteiger partial charge in [-0.1, -0.05) is 29.8 Å². The Hall–Kier alpha value is -1.88. The van der Waals surface area contributed by atoms with E-state index in [1.54, 1.807) is 18.5 Å². The number of aromatic nitrogens is 1. The van der Waals surface area contributed by atoms with Gasteiger partial charge in [0.2, 0.25) is 0 Å². The van der Waals surface area contributed by atoms with Crippen molar-refractivity contribution in [1.29, 1.82) is 0 Å². The average Bonchev–Trinajstić information content (AvgIpc) is 2.47. The third kappa shape index (κ3) is 4.86. The van der Waals surface area contributed by atoms with Gasteiger partial charge in [0.25, 0.3) is 5.91 Å². The van der Waals surface area contributed by atoms with E-state index in [9.17, 15) is 4.79 Å². The molecule has 0 aliphatic rings. The molecule has 1 aromatic heterocycles. The van der Waals surface area contributed by atoms with Crippen molar-refractivity contribution in [2.24, 2.45) is 5.92 Å². The van der Waals surface area contributed by atoms with Crippen molar-refractivity contribution < 1.29 is 4.79 Å². The number of amides is 1. The molecule has 1 aromatic carbocycles. The highest BCUT2D eigenvalue weighted by molar-refractivity contribution is 9.10. The summed E-state index contributed by atoms with van der Waals surface area (Å²) in [7, 11) is 0. The quantitative estimate of drug-likeness (QED) is 0.860. The molecule has 0 aliphatic carbocycles. The highest BCUT2D eigenvalue weighted by Crippen LogP contribution is 2.19. The minimum absolute atomic E-state index is 0.101. The van der Waals surface area contributed by atoms with Crippen molar-refractivity contribution in [2.75, 3.05) is 11.9 Å². The minimum Gasteiger partial charge on any atom is -0.354 e. The third-order valence-corrected chi connectivity index (χ3v) is 3.33. The zero-order valence-electron chi connectivity index (χ0n) is 12.1. The molecule has 0 saturated heterocycles. The van der Waals surface area contributed by atoms with Crippen LogP contribution in [0.2, 0.25) is 0 Å². The number of benzene rings is 1. The molecular weight excluding hydrogens is 330 g/mol. The Morgan fingerprint density at radius 1 is 1.19 bits per heavy atom. The van der Waals surface area contributed by atoms with Crippen LogP contribution in [0.3, 0.4) is 0 Å². The molecule has 0 unspecified atom stereocenters. The highest BCUT2D eigenvalue weighted by atomic mass is 79.9. The number of anilines is 2. The molecule has 0 bridgehead atoms. The third-order valence-electron chi connectivity index (χ3n) is 2.80. The van der Waals surface area contributed by atoms with Crippen LogP contribution in [0.5, 0.6) is 0 Å². The van der Waals surface area contributed by atoms with Crippen LogP contribution < -0.4 is 10.6 Å². The van der Waals surface area contributed by atoms with Gasteiger partial charge in [-0.25, -0.2) is 0 Å². The standard InChI is InChI=1S/C16H18BrN3O/c1-11(2)8-19-16(21)12-7-15(10-18-9-12)20-14-5-3-13(17)4-6-14/h3-7,9-11,20H,8H2,1-2H3,(H,19,21). The van der Waals surface area contributed by atoms with Crippen LogP contribution in [0, 0.1) is 5.92 Å². The molecule has 2 aromatic rings. The van der Waals surface area contributed by atoms with E-state index >= 15 is 0 Å². The summed E-state index contributed by atoms with van der Waals surface area (Å²) in [5.74, 6) is 0.321. The Morgan fingerprint density at radius 2 is 1.90 bits per heavy atom. The van der Waals surface area contributed by atoms with E-state index < -0.39 is 0 Å². The van der Waals surface area contributed by atoms with Crippen molar-refractivity contribution in [3.8, 4) is 0 Å². The summed E-state index contributed by atoms with van der Waals surface area (Å²) in [6, 6.07) is 9.61.